The first-order chi connectivity index (χ1) is 11.6. The highest BCUT2D eigenvalue weighted by molar-refractivity contribution is 6.02. The minimum atomic E-state index is -0.484. The molecule has 118 valence electrons. The number of rotatable bonds is 3. The molecule has 0 unspecified atom stereocenters. The van der Waals surface area contributed by atoms with Crippen LogP contribution in [0.4, 0.5) is 5.82 Å². The van der Waals surface area contributed by atoms with Gasteiger partial charge in [-0.05, 0) is 18.2 Å². The monoisotopic (exact) mass is 320 g/mol. The summed E-state index contributed by atoms with van der Waals surface area (Å²) in [5.74, 6) is -0.194. The van der Waals surface area contributed by atoms with Crippen LogP contribution in [0.1, 0.15) is 11.1 Å². The smallest absolute Gasteiger partial charge is 0.249 e. The van der Waals surface area contributed by atoms with Gasteiger partial charge in [-0.15, -0.1) is 0 Å². The number of benzene rings is 1. The number of hydrogen-bond donors (Lipinski definition) is 1. The van der Waals surface area contributed by atoms with Gasteiger partial charge in [0.2, 0.25) is 5.91 Å². The minimum absolute atomic E-state index is 0.223. The second-order valence-electron chi connectivity index (χ2n) is 4.98. The Kier molecular flexibility index (Phi) is 3.95. The number of carbonyl (C=O) groups excluding carboxylic acids is 1. The summed E-state index contributed by atoms with van der Waals surface area (Å²) in [7, 11) is 1.61. The normalized spacial score (nSPS) is 10.8. The zero-order valence-corrected chi connectivity index (χ0v) is 12.7. The van der Waals surface area contributed by atoms with Crippen molar-refractivity contribution < 1.29 is 9.21 Å². The van der Waals surface area contributed by atoms with E-state index in [2.05, 4.69) is 10.4 Å². The average molecular weight is 320 g/mol. The predicted molar refractivity (Wildman–Crippen MR) is 88.1 cm³/mol. The third-order valence-corrected chi connectivity index (χ3v) is 3.42. The van der Waals surface area contributed by atoms with E-state index in [1.807, 2.05) is 6.07 Å². The highest BCUT2D eigenvalue weighted by Crippen LogP contribution is 2.13. The van der Waals surface area contributed by atoms with Crippen molar-refractivity contribution in [1.29, 1.82) is 5.26 Å². The van der Waals surface area contributed by atoms with Crippen LogP contribution in [0.5, 0.6) is 0 Å². The van der Waals surface area contributed by atoms with E-state index in [-0.39, 0.29) is 22.4 Å². The number of nitrogens with zero attached hydrogens (tertiary/aromatic N) is 3. The van der Waals surface area contributed by atoms with E-state index < -0.39 is 5.91 Å². The summed E-state index contributed by atoms with van der Waals surface area (Å²) in [6.45, 7) is 0. The molecule has 1 N–H and O–H groups in total. The van der Waals surface area contributed by atoms with Gasteiger partial charge in [0.25, 0.3) is 0 Å². The van der Waals surface area contributed by atoms with E-state index in [1.165, 1.54) is 29.3 Å². The molecule has 1 aromatic carbocycles. The van der Waals surface area contributed by atoms with Crippen LogP contribution in [-0.4, -0.2) is 15.7 Å². The third kappa shape index (κ3) is 2.80. The number of aromatic nitrogens is 2. The molecular weight excluding hydrogens is 308 g/mol. The fraction of sp³-hybridized carbons (Fsp3) is 0.0588. The molecule has 0 radical (unpaired) electrons. The minimum Gasteiger partial charge on any atom is -0.463 e. The lowest BCUT2D eigenvalue weighted by Crippen LogP contribution is -2.13. The van der Waals surface area contributed by atoms with Gasteiger partial charge in [-0.2, -0.15) is 10.4 Å². The Bertz CT molecular complexity index is 1050. The number of para-hydroxylation sites is 1. The first-order valence-corrected chi connectivity index (χ1v) is 7.02. The molecule has 1 amide bonds. The fourth-order valence-electron chi connectivity index (χ4n) is 2.20. The van der Waals surface area contributed by atoms with Crippen LogP contribution in [0.25, 0.3) is 17.0 Å². The van der Waals surface area contributed by atoms with Crippen molar-refractivity contribution in [3.63, 3.8) is 0 Å². The third-order valence-electron chi connectivity index (χ3n) is 3.42. The molecule has 24 heavy (non-hydrogen) atoms. The Labute approximate surface area is 136 Å². The second-order valence-corrected chi connectivity index (χ2v) is 4.98. The molecule has 3 aromatic rings. The van der Waals surface area contributed by atoms with Gasteiger partial charge < -0.3 is 9.73 Å². The number of carbonyl (C=O) groups is 1. The maximum atomic E-state index is 12.3. The lowest BCUT2D eigenvalue weighted by atomic mass is 10.1. The number of amides is 1. The summed E-state index contributed by atoms with van der Waals surface area (Å²) in [6.07, 6.45) is 5.24. The summed E-state index contributed by atoms with van der Waals surface area (Å²) in [5, 5.41) is 15.9. The van der Waals surface area contributed by atoms with Crippen molar-refractivity contribution in [1.82, 2.24) is 9.78 Å². The maximum absolute atomic E-state index is 12.3. The molecule has 0 spiro atoms. The molecule has 7 nitrogen and oxygen atoms in total. The molecule has 0 aliphatic carbocycles. The second kappa shape index (κ2) is 6.22. The van der Waals surface area contributed by atoms with Crippen LogP contribution in [0.3, 0.4) is 0 Å². The number of fused-ring (bicyclic) bond motifs is 1. The molecule has 7 heteroatoms. The van der Waals surface area contributed by atoms with Gasteiger partial charge in [-0.1, -0.05) is 12.1 Å². The van der Waals surface area contributed by atoms with Gasteiger partial charge in [0.1, 0.15) is 29.3 Å². The average Bonchev–Trinajstić information content (AvgIpc) is 2.94. The van der Waals surface area contributed by atoms with Crippen molar-refractivity contribution in [2.24, 2.45) is 7.05 Å². The SMILES string of the molecule is Cn1ncc(C#N)c1NC(=O)/C=C/c1coc2ccccc2c1=O. The lowest BCUT2D eigenvalue weighted by Gasteiger charge is -2.02. The molecule has 0 aliphatic heterocycles. The van der Waals surface area contributed by atoms with Crippen molar-refractivity contribution in [2.75, 3.05) is 5.32 Å². The molecule has 0 bridgehead atoms. The van der Waals surface area contributed by atoms with Crippen molar-refractivity contribution in [2.45, 2.75) is 0 Å². The number of hydrogen-bond acceptors (Lipinski definition) is 5. The van der Waals surface area contributed by atoms with Gasteiger partial charge in [0.15, 0.2) is 5.43 Å². The zero-order chi connectivity index (χ0) is 17.1. The Balaban J connectivity index is 1.85. The van der Waals surface area contributed by atoms with Crippen LogP contribution >= 0.6 is 0 Å². The van der Waals surface area contributed by atoms with E-state index in [4.69, 9.17) is 9.68 Å². The van der Waals surface area contributed by atoms with Crippen LogP contribution < -0.4 is 10.7 Å². The molecule has 0 saturated heterocycles. The van der Waals surface area contributed by atoms with E-state index in [0.29, 0.717) is 11.0 Å². The summed E-state index contributed by atoms with van der Waals surface area (Å²) in [6, 6.07) is 8.81. The summed E-state index contributed by atoms with van der Waals surface area (Å²) in [4.78, 5) is 24.3. The van der Waals surface area contributed by atoms with Crippen molar-refractivity contribution in [3.8, 4) is 6.07 Å². The molecule has 0 aliphatic rings. The number of nitrogens with one attached hydrogen (secondary N) is 1. The van der Waals surface area contributed by atoms with Gasteiger partial charge in [-0.25, -0.2) is 0 Å². The van der Waals surface area contributed by atoms with Gasteiger partial charge in [0, 0.05) is 13.1 Å². The van der Waals surface area contributed by atoms with E-state index in [0.717, 1.165) is 0 Å². The molecule has 0 saturated carbocycles. The highest BCUT2D eigenvalue weighted by atomic mass is 16.3. The van der Waals surface area contributed by atoms with Gasteiger partial charge in [-0.3, -0.25) is 14.3 Å². The Morgan fingerprint density at radius 1 is 1.42 bits per heavy atom. The Morgan fingerprint density at radius 2 is 2.21 bits per heavy atom. The lowest BCUT2D eigenvalue weighted by molar-refractivity contribution is -0.111. The van der Waals surface area contributed by atoms with Crippen molar-refractivity contribution in [3.05, 3.63) is 64.2 Å². The van der Waals surface area contributed by atoms with Crippen LogP contribution in [0, 0.1) is 11.3 Å². The summed E-state index contributed by atoms with van der Waals surface area (Å²) < 4.78 is 6.76. The number of nitriles is 1. The number of aryl methyl sites for hydroxylation is 1. The summed E-state index contributed by atoms with van der Waals surface area (Å²) in [5.41, 5.74) is 0.774. The van der Waals surface area contributed by atoms with E-state index in [9.17, 15) is 9.59 Å². The van der Waals surface area contributed by atoms with Gasteiger partial charge in [0.05, 0.1) is 17.1 Å². The first-order valence-electron chi connectivity index (χ1n) is 7.02. The molecule has 2 heterocycles. The molecule has 0 atom stereocenters. The maximum Gasteiger partial charge on any atom is 0.249 e. The summed E-state index contributed by atoms with van der Waals surface area (Å²) >= 11 is 0. The Morgan fingerprint density at radius 3 is 3.00 bits per heavy atom. The van der Waals surface area contributed by atoms with E-state index >= 15 is 0 Å². The van der Waals surface area contributed by atoms with Crippen LogP contribution in [0.2, 0.25) is 0 Å². The molecule has 3 rings (SSSR count). The molecular formula is C17H12N4O3. The van der Waals surface area contributed by atoms with E-state index in [1.54, 1.807) is 31.3 Å². The van der Waals surface area contributed by atoms with Crippen LogP contribution in [0.15, 0.2) is 52.0 Å². The largest absolute Gasteiger partial charge is 0.463 e. The van der Waals surface area contributed by atoms with Crippen molar-refractivity contribution >= 4 is 28.8 Å². The highest BCUT2D eigenvalue weighted by Gasteiger charge is 2.10. The zero-order valence-electron chi connectivity index (χ0n) is 12.7. The quantitative estimate of drug-likeness (QED) is 0.744. The predicted octanol–water partition coefficient (Wildman–Crippen LogP) is 2.05. The number of anilines is 1. The molecule has 0 fully saturated rings. The van der Waals surface area contributed by atoms with Crippen LogP contribution in [-0.2, 0) is 11.8 Å². The first kappa shape index (κ1) is 15.2. The topological polar surface area (TPSA) is 101 Å². The molecule has 2 aromatic heterocycles. The van der Waals surface area contributed by atoms with Gasteiger partial charge >= 0.3 is 0 Å². The standard InChI is InChI=1S/C17H12N4O3/c1-21-17(12(8-18)9-19-21)20-15(22)7-6-11-10-24-14-5-3-2-4-13(14)16(11)23/h2-7,9-10H,1H3,(H,20,22)/b7-6+. The Hall–Kier alpha value is -3.66. The fourth-order valence-corrected chi connectivity index (χ4v) is 2.20.